The van der Waals surface area contributed by atoms with E-state index in [1.54, 1.807) is 6.07 Å². The SMILES string of the molecule is CCCCC(C=Nc1ccc(CCCC)c(CCCC)c1)=Nc1ccc(CCCC)c(CCCC)c1.CCCCCCCCNc1ccc2c(O)c(O)ccc2c1CCCCC. The molecule has 0 bridgehead atoms. The van der Waals surface area contributed by atoms with Gasteiger partial charge in [0.25, 0.3) is 0 Å². The molecule has 0 spiro atoms. The van der Waals surface area contributed by atoms with Crippen LogP contribution in [0.5, 0.6) is 11.5 Å². The van der Waals surface area contributed by atoms with Crippen LogP contribution in [-0.4, -0.2) is 28.7 Å². The summed E-state index contributed by atoms with van der Waals surface area (Å²) in [5.74, 6) is -0.0634. The van der Waals surface area contributed by atoms with Crippen LogP contribution in [-0.2, 0) is 32.1 Å². The average Bonchev–Trinajstić information content (AvgIpc) is 3.29. The predicted octanol–water partition coefficient (Wildman–Crippen LogP) is 17.5. The molecule has 0 saturated heterocycles. The number of unbranched alkanes of at least 4 members (excludes halogenated alkanes) is 12. The molecule has 0 aliphatic carbocycles. The van der Waals surface area contributed by atoms with E-state index in [0.717, 1.165) is 79.3 Å². The highest BCUT2D eigenvalue weighted by atomic mass is 16.3. The average molecular weight is 846 g/mol. The first-order valence-corrected chi connectivity index (χ1v) is 25.4. The Balaban J connectivity index is 0.000000348. The van der Waals surface area contributed by atoms with Crippen molar-refractivity contribution < 1.29 is 10.2 Å². The molecule has 5 heteroatoms. The van der Waals surface area contributed by atoms with E-state index in [9.17, 15) is 10.2 Å². The van der Waals surface area contributed by atoms with Gasteiger partial charge in [0.15, 0.2) is 11.5 Å². The van der Waals surface area contributed by atoms with E-state index < -0.39 is 0 Å². The number of hydrogen-bond acceptors (Lipinski definition) is 5. The molecular formula is C57H87N3O2. The van der Waals surface area contributed by atoms with Crippen molar-refractivity contribution in [1.82, 2.24) is 0 Å². The van der Waals surface area contributed by atoms with Crippen LogP contribution < -0.4 is 5.32 Å². The van der Waals surface area contributed by atoms with Gasteiger partial charge in [-0.25, -0.2) is 0 Å². The molecule has 62 heavy (non-hydrogen) atoms. The van der Waals surface area contributed by atoms with E-state index in [0.29, 0.717) is 0 Å². The van der Waals surface area contributed by atoms with Gasteiger partial charge in [-0.3, -0.25) is 9.98 Å². The minimum absolute atomic E-state index is 0.0123. The van der Waals surface area contributed by atoms with Crippen LogP contribution >= 0.6 is 0 Å². The molecule has 0 atom stereocenters. The number of aryl methyl sites for hydroxylation is 5. The van der Waals surface area contributed by atoms with Crippen molar-refractivity contribution in [2.75, 3.05) is 11.9 Å². The fourth-order valence-corrected chi connectivity index (χ4v) is 8.17. The summed E-state index contributed by atoms with van der Waals surface area (Å²) in [5.41, 5.74) is 11.6. The Hall–Kier alpha value is -4.12. The van der Waals surface area contributed by atoms with Crippen LogP contribution in [0.1, 0.15) is 205 Å². The van der Waals surface area contributed by atoms with E-state index >= 15 is 0 Å². The first-order valence-electron chi connectivity index (χ1n) is 25.4. The number of rotatable bonds is 30. The zero-order valence-electron chi connectivity index (χ0n) is 40.5. The third-order valence-electron chi connectivity index (χ3n) is 12.1. The number of anilines is 1. The molecule has 5 nitrogen and oxygen atoms in total. The van der Waals surface area contributed by atoms with Crippen LogP contribution in [0, 0.1) is 0 Å². The Morgan fingerprint density at radius 1 is 0.484 bits per heavy atom. The monoisotopic (exact) mass is 846 g/mol. The molecule has 4 rings (SSSR count). The van der Waals surface area contributed by atoms with Gasteiger partial charge < -0.3 is 15.5 Å². The van der Waals surface area contributed by atoms with E-state index in [4.69, 9.17) is 9.98 Å². The van der Waals surface area contributed by atoms with E-state index in [1.165, 1.54) is 149 Å². The molecule has 0 radical (unpaired) electrons. The van der Waals surface area contributed by atoms with Gasteiger partial charge >= 0.3 is 0 Å². The molecule has 3 N–H and O–H groups in total. The van der Waals surface area contributed by atoms with Crippen molar-refractivity contribution in [2.24, 2.45) is 9.98 Å². The Bertz CT molecular complexity index is 1890. The van der Waals surface area contributed by atoms with Crippen molar-refractivity contribution in [1.29, 1.82) is 0 Å². The van der Waals surface area contributed by atoms with Gasteiger partial charge in [0.1, 0.15) is 0 Å². The molecule has 0 unspecified atom stereocenters. The number of nitrogens with one attached hydrogen (secondary N) is 1. The summed E-state index contributed by atoms with van der Waals surface area (Å²) in [6.45, 7) is 16.8. The number of hydrogen-bond donors (Lipinski definition) is 3. The number of phenolic OH excluding ortho intramolecular Hbond substituents is 2. The largest absolute Gasteiger partial charge is 0.504 e. The van der Waals surface area contributed by atoms with Crippen molar-refractivity contribution in [3.05, 3.63) is 88.5 Å². The van der Waals surface area contributed by atoms with Crippen molar-refractivity contribution in [3.63, 3.8) is 0 Å². The Morgan fingerprint density at radius 3 is 1.61 bits per heavy atom. The third kappa shape index (κ3) is 18.7. The van der Waals surface area contributed by atoms with Crippen LogP contribution in [0.15, 0.2) is 70.6 Å². The van der Waals surface area contributed by atoms with Crippen LogP contribution in [0.2, 0.25) is 0 Å². The van der Waals surface area contributed by atoms with Crippen molar-refractivity contribution in [3.8, 4) is 11.5 Å². The van der Waals surface area contributed by atoms with Gasteiger partial charge in [-0.05, 0) is 159 Å². The molecule has 0 aliphatic rings. The molecule has 0 aromatic heterocycles. The molecule has 0 fully saturated rings. The highest BCUT2D eigenvalue weighted by Gasteiger charge is 2.13. The van der Waals surface area contributed by atoms with Crippen molar-refractivity contribution in [2.45, 2.75) is 209 Å². The van der Waals surface area contributed by atoms with Gasteiger partial charge in [-0.1, -0.05) is 144 Å². The first-order chi connectivity index (χ1) is 30.3. The lowest BCUT2D eigenvalue weighted by Gasteiger charge is -2.16. The summed E-state index contributed by atoms with van der Waals surface area (Å²) in [5, 5.41) is 25.4. The van der Waals surface area contributed by atoms with Crippen molar-refractivity contribution >= 4 is 39.8 Å². The minimum Gasteiger partial charge on any atom is -0.504 e. The number of aromatic hydroxyl groups is 2. The second-order valence-electron chi connectivity index (χ2n) is 17.6. The summed E-state index contributed by atoms with van der Waals surface area (Å²) in [7, 11) is 0. The molecule has 0 amide bonds. The van der Waals surface area contributed by atoms with E-state index in [2.05, 4.69) is 96.2 Å². The molecule has 0 aliphatic heterocycles. The van der Waals surface area contributed by atoms with Gasteiger partial charge in [0.05, 0.1) is 17.1 Å². The summed E-state index contributed by atoms with van der Waals surface area (Å²) in [6.07, 6.45) is 32.2. The maximum atomic E-state index is 10.2. The summed E-state index contributed by atoms with van der Waals surface area (Å²) < 4.78 is 0. The molecule has 0 heterocycles. The lowest BCUT2D eigenvalue weighted by atomic mass is 9.96. The fraction of sp³-hybridized carbons (Fsp3) is 0.579. The lowest BCUT2D eigenvalue weighted by Crippen LogP contribution is -2.05. The molecule has 4 aromatic carbocycles. The van der Waals surface area contributed by atoms with Crippen LogP contribution in [0.4, 0.5) is 17.1 Å². The number of fused-ring (bicyclic) bond motifs is 1. The fourth-order valence-electron chi connectivity index (χ4n) is 8.17. The molecular weight excluding hydrogens is 759 g/mol. The number of nitrogens with zero attached hydrogens (tertiary/aromatic N) is 2. The Labute approximate surface area is 379 Å². The van der Waals surface area contributed by atoms with Gasteiger partial charge in [0, 0.05) is 23.8 Å². The smallest absolute Gasteiger partial charge is 0.165 e. The van der Waals surface area contributed by atoms with Gasteiger partial charge in [0.2, 0.25) is 0 Å². The Kier molecular flexibility index (Phi) is 26.7. The lowest BCUT2D eigenvalue weighted by molar-refractivity contribution is 0.408. The summed E-state index contributed by atoms with van der Waals surface area (Å²) in [4.78, 5) is 10.0. The third-order valence-corrected chi connectivity index (χ3v) is 12.1. The summed E-state index contributed by atoms with van der Waals surface area (Å²) >= 11 is 0. The standard InChI is InChI=1S/C34H52N2.C23H35NO2/c1-6-11-16-28-21-23-32(25-30(28)18-13-8-3)35-27-34(20-15-10-5)36-33-24-22-29(17-12-7-2)31(26-33)19-14-9-4;1-3-5-7-8-9-11-17-24-21-15-13-20-18(14-16-22(25)23(20)26)19(21)12-10-6-4-2/h21-27H,6-20H2,1-5H3;13-16,24-26H,3-12,17H2,1-2H3. The second-order valence-corrected chi connectivity index (χ2v) is 17.6. The zero-order valence-corrected chi connectivity index (χ0v) is 40.5. The maximum Gasteiger partial charge on any atom is 0.165 e. The van der Waals surface area contributed by atoms with Crippen LogP contribution in [0.25, 0.3) is 10.8 Å². The quantitative estimate of drug-likeness (QED) is 0.0278. The Morgan fingerprint density at radius 2 is 1.00 bits per heavy atom. The minimum atomic E-state index is -0.0511. The molecule has 4 aromatic rings. The molecule has 342 valence electrons. The maximum absolute atomic E-state index is 10.2. The van der Waals surface area contributed by atoms with Gasteiger partial charge in [-0.2, -0.15) is 0 Å². The summed E-state index contributed by atoms with van der Waals surface area (Å²) in [6, 6.07) is 21.2. The topological polar surface area (TPSA) is 77.2 Å². The van der Waals surface area contributed by atoms with Gasteiger partial charge in [-0.15, -0.1) is 0 Å². The second kappa shape index (κ2) is 31.7. The normalized spacial score (nSPS) is 11.7. The predicted molar refractivity (Wildman–Crippen MR) is 274 cm³/mol. The first kappa shape index (κ1) is 52.2. The highest BCUT2D eigenvalue weighted by Crippen LogP contribution is 2.38. The van der Waals surface area contributed by atoms with E-state index in [1.807, 2.05) is 18.3 Å². The number of aliphatic imine (C=N–C) groups is 2. The van der Waals surface area contributed by atoms with E-state index in [-0.39, 0.29) is 11.5 Å². The van der Waals surface area contributed by atoms with Crippen LogP contribution in [0.3, 0.4) is 0 Å². The highest BCUT2D eigenvalue weighted by molar-refractivity contribution is 6.31. The molecule has 0 saturated carbocycles. The zero-order chi connectivity index (χ0) is 44.8. The number of phenols is 2. The number of benzene rings is 4.